The molecule has 0 aliphatic carbocycles. The maximum atomic E-state index is 11.3. The van der Waals surface area contributed by atoms with Crippen LogP contribution in [0.5, 0.6) is 5.75 Å². The van der Waals surface area contributed by atoms with Gasteiger partial charge in [0.1, 0.15) is 5.75 Å². The van der Waals surface area contributed by atoms with Crippen LogP contribution in [0.1, 0.15) is 18.1 Å². The second kappa shape index (κ2) is 5.51. The summed E-state index contributed by atoms with van der Waals surface area (Å²) in [5.74, 6) is 0.673. The lowest BCUT2D eigenvalue weighted by molar-refractivity contribution is -0.122. The summed E-state index contributed by atoms with van der Waals surface area (Å²) in [6.07, 6.45) is 0. The summed E-state index contributed by atoms with van der Waals surface area (Å²) in [6, 6.07) is 5.36. The number of aryl methyl sites for hydroxylation is 1. The van der Waals surface area contributed by atoms with Gasteiger partial charge in [-0.25, -0.2) is 0 Å². The van der Waals surface area contributed by atoms with E-state index in [9.17, 15) is 4.79 Å². The third-order valence-electron chi connectivity index (χ3n) is 2.35. The zero-order valence-corrected chi connectivity index (χ0v) is 9.91. The molecule has 0 aliphatic rings. The van der Waals surface area contributed by atoms with Crippen molar-refractivity contribution in [2.75, 3.05) is 7.11 Å². The van der Waals surface area contributed by atoms with Gasteiger partial charge in [0.25, 0.3) is 0 Å². The first-order chi connectivity index (χ1) is 7.54. The molecular formula is C12H18N2O2. The first kappa shape index (κ1) is 12.5. The topological polar surface area (TPSA) is 64.3 Å². The number of hydrogen-bond acceptors (Lipinski definition) is 3. The summed E-state index contributed by atoms with van der Waals surface area (Å²) in [5, 5.41) is 2.75. The predicted molar refractivity (Wildman–Crippen MR) is 63.2 cm³/mol. The molecule has 1 atom stereocenters. The van der Waals surface area contributed by atoms with E-state index < -0.39 is 6.04 Å². The molecule has 0 spiro atoms. The van der Waals surface area contributed by atoms with Gasteiger partial charge in [0.05, 0.1) is 13.2 Å². The molecule has 16 heavy (non-hydrogen) atoms. The molecule has 88 valence electrons. The number of carbonyl (C=O) groups excluding carboxylic acids is 1. The molecule has 4 nitrogen and oxygen atoms in total. The van der Waals surface area contributed by atoms with Crippen LogP contribution in [0.3, 0.4) is 0 Å². The summed E-state index contributed by atoms with van der Waals surface area (Å²) in [4.78, 5) is 11.3. The fourth-order valence-electron chi connectivity index (χ4n) is 1.32. The first-order valence-corrected chi connectivity index (χ1v) is 5.21. The van der Waals surface area contributed by atoms with E-state index in [-0.39, 0.29) is 5.91 Å². The Morgan fingerprint density at radius 3 is 2.81 bits per heavy atom. The van der Waals surface area contributed by atoms with E-state index in [1.165, 1.54) is 0 Å². The van der Waals surface area contributed by atoms with Crippen molar-refractivity contribution < 1.29 is 9.53 Å². The molecule has 0 fully saturated rings. The molecule has 0 bridgehead atoms. The standard InChI is InChI=1S/C12H18N2O2/c1-8-4-5-10(6-11(8)16-3)7-14-12(15)9(2)13/h4-6,9H,7,13H2,1-3H3,(H,14,15)/t9-/m1/s1. The average molecular weight is 222 g/mol. The van der Waals surface area contributed by atoms with E-state index in [2.05, 4.69) is 5.32 Å². The lowest BCUT2D eigenvalue weighted by Crippen LogP contribution is -2.37. The van der Waals surface area contributed by atoms with Gasteiger partial charge in [0.2, 0.25) is 5.91 Å². The highest BCUT2D eigenvalue weighted by Crippen LogP contribution is 2.18. The van der Waals surface area contributed by atoms with Gasteiger partial charge in [0, 0.05) is 6.54 Å². The highest BCUT2D eigenvalue weighted by molar-refractivity contribution is 5.80. The minimum absolute atomic E-state index is 0.153. The number of hydrogen-bond donors (Lipinski definition) is 2. The van der Waals surface area contributed by atoms with Gasteiger partial charge < -0.3 is 15.8 Å². The second-order valence-electron chi connectivity index (χ2n) is 3.81. The summed E-state index contributed by atoms with van der Waals surface area (Å²) in [5.41, 5.74) is 7.51. The third kappa shape index (κ3) is 3.24. The van der Waals surface area contributed by atoms with Crippen LogP contribution in [0.25, 0.3) is 0 Å². The quantitative estimate of drug-likeness (QED) is 0.797. The molecule has 1 rings (SSSR count). The number of ether oxygens (including phenoxy) is 1. The van der Waals surface area contributed by atoms with Crippen LogP contribution in [0.2, 0.25) is 0 Å². The number of amides is 1. The zero-order chi connectivity index (χ0) is 12.1. The van der Waals surface area contributed by atoms with Crippen molar-refractivity contribution in [2.45, 2.75) is 26.4 Å². The van der Waals surface area contributed by atoms with Crippen LogP contribution in [-0.2, 0) is 11.3 Å². The Morgan fingerprint density at radius 2 is 2.25 bits per heavy atom. The zero-order valence-electron chi connectivity index (χ0n) is 9.91. The summed E-state index contributed by atoms with van der Waals surface area (Å²) in [6.45, 7) is 4.10. The number of rotatable bonds is 4. The molecule has 4 heteroatoms. The maximum absolute atomic E-state index is 11.3. The summed E-state index contributed by atoms with van der Waals surface area (Å²) in [7, 11) is 1.63. The van der Waals surface area contributed by atoms with Crippen molar-refractivity contribution in [1.82, 2.24) is 5.32 Å². The van der Waals surface area contributed by atoms with Crippen LogP contribution in [0.15, 0.2) is 18.2 Å². The van der Waals surface area contributed by atoms with Crippen LogP contribution in [0, 0.1) is 6.92 Å². The summed E-state index contributed by atoms with van der Waals surface area (Å²) >= 11 is 0. The number of benzene rings is 1. The van der Waals surface area contributed by atoms with E-state index in [1.807, 2.05) is 25.1 Å². The molecular weight excluding hydrogens is 204 g/mol. The molecule has 0 aliphatic heterocycles. The van der Waals surface area contributed by atoms with Crippen molar-refractivity contribution >= 4 is 5.91 Å². The Labute approximate surface area is 95.8 Å². The molecule has 0 unspecified atom stereocenters. The molecule has 1 amide bonds. The monoisotopic (exact) mass is 222 g/mol. The van der Waals surface area contributed by atoms with Crippen LogP contribution in [0.4, 0.5) is 0 Å². The largest absolute Gasteiger partial charge is 0.496 e. The lowest BCUT2D eigenvalue weighted by Gasteiger charge is -2.10. The fourth-order valence-corrected chi connectivity index (χ4v) is 1.32. The van der Waals surface area contributed by atoms with Crippen molar-refractivity contribution in [3.8, 4) is 5.75 Å². The number of methoxy groups -OCH3 is 1. The van der Waals surface area contributed by atoms with E-state index in [4.69, 9.17) is 10.5 Å². The van der Waals surface area contributed by atoms with Crippen molar-refractivity contribution in [1.29, 1.82) is 0 Å². The van der Waals surface area contributed by atoms with E-state index in [1.54, 1.807) is 14.0 Å². The smallest absolute Gasteiger partial charge is 0.236 e. The highest BCUT2D eigenvalue weighted by atomic mass is 16.5. The van der Waals surface area contributed by atoms with Gasteiger partial charge in [-0.05, 0) is 31.0 Å². The Hall–Kier alpha value is -1.55. The van der Waals surface area contributed by atoms with Gasteiger partial charge in [0.15, 0.2) is 0 Å². The number of nitrogens with one attached hydrogen (secondary N) is 1. The van der Waals surface area contributed by atoms with Gasteiger partial charge in [-0.3, -0.25) is 4.79 Å². The Morgan fingerprint density at radius 1 is 1.56 bits per heavy atom. The van der Waals surface area contributed by atoms with Crippen molar-refractivity contribution in [3.05, 3.63) is 29.3 Å². The van der Waals surface area contributed by atoms with Crippen LogP contribution < -0.4 is 15.8 Å². The molecule has 1 aromatic carbocycles. The fraction of sp³-hybridized carbons (Fsp3) is 0.417. The Balaban J connectivity index is 2.64. The van der Waals surface area contributed by atoms with Crippen molar-refractivity contribution in [3.63, 3.8) is 0 Å². The molecule has 0 saturated heterocycles. The maximum Gasteiger partial charge on any atom is 0.236 e. The highest BCUT2D eigenvalue weighted by Gasteiger charge is 2.07. The van der Waals surface area contributed by atoms with E-state index in [0.717, 1.165) is 16.9 Å². The Kier molecular flexibility index (Phi) is 4.31. The molecule has 3 N–H and O–H groups in total. The SMILES string of the molecule is COc1cc(CNC(=O)[C@@H](C)N)ccc1C. The molecule has 0 aromatic heterocycles. The predicted octanol–water partition coefficient (Wildman–Crippen LogP) is 0.967. The van der Waals surface area contributed by atoms with Crippen LogP contribution in [-0.4, -0.2) is 19.1 Å². The van der Waals surface area contributed by atoms with Crippen LogP contribution >= 0.6 is 0 Å². The van der Waals surface area contributed by atoms with Gasteiger partial charge in [-0.2, -0.15) is 0 Å². The number of nitrogens with two attached hydrogens (primary N) is 1. The van der Waals surface area contributed by atoms with E-state index >= 15 is 0 Å². The normalized spacial score (nSPS) is 12.0. The van der Waals surface area contributed by atoms with Gasteiger partial charge >= 0.3 is 0 Å². The van der Waals surface area contributed by atoms with Crippen molar-refractivity contribution in [2.24, 2.45) is 5.73 Å². The molecule has 0 heterocycles. The van der Waals surface area contributed by atoms with E-state index in [0.29, 0.717) is 6.54 Å². The minimum Gasteiger partial charge on any atom is -0.496 e. The first-order valence-electron chi connectivity index (χ1n) is 5.21. The minimum atomic E-state index is -0.479. The molecule has 0 saturated carbocycles. The summed E-state index contributed by atoms with van der Waals surface area (Å²) < 4.78 is 5.20. The Bertz CT molecular complexity index is 375. The second-order valence-corrected chi connectivity index (χ2v) is 3.81. The van der Waals surface area contributed by atoms with Gasteiger partial charge in [-0.15, -0.1) is 0 Å². The third-order valence-corrected chi connectivity index (χ3v) is 2.35. The van der Waals surface area contributed by atoms with Gasteiger partial charge in [-0.1, -0.05) is 12.1 Å². The molecule has 1 aromatic rings. The number of carbonyl (C=O) groups is 1. The average Bonchev–Trinajstić information content (AvgIpc) is 2.27. The lowest BCUT2D eigenvalue weighted by atomic mass is 10.1. The molecule has 0 radical (unpaired) electrons.